The molecule has 1 unspecified atom stereocenters. The second-order valence-corrected chi connectivity index (χ2v) is 4.04. The Morgan fingerprint density at radius 1 is 1.58 bits per heavy atom. The first-order valence-electron chi connectivity index (χ1n) is 5.20. The number of ether oxygens (including phenoxy) is 1. The lowest BCUT2D eigenvalue weighted by Gasteiger charge is -2.24. The second kappa shape index (κ2) is 5.44. The Balaban J connectivity index is 3.34. The van der Waals surface area contributed by atoms with Crippen molar-refractivity contribution in [3.63, 3.8) is 0 Å². The monoisotopic (exact) mass is 269 g/mol. The predicted octanol–water partition coefficient (Wildman–Crippen LogP) is 0.781. The van der Waals surface area contributed by atoms with Crippen LogP contribution in [-0.4, -0.2) is 43.1 Å². The minimum atomic E-state index is -1.19. The average molecular weight is 269 g/mol. The molecule has 0 saturated heterocycles. The molecular weight excluding hydrogens is 256 g/mol. The van der Waals surface area contributed by atoms with E-state index in [1.165, 1.54) is 26.3 Å². The average Bonchev–Trinajstić information content (AvgIpc) is 2.36. The topological polar surface area (TPSA) is 107 Å². The van der Waals surface area contributed by atoms with Gasteiger partial charge in [-0.05, 0) is 6.07 Å². The van der Waals surface area contributed by atoms with E-state index in [4.69, 9.17) is 9.84 Å². The number of nitro groups is 1. The Bertz CT molecular complexity index is 530. The van der Waals surface area contributed by atoms with Gasteiger partial charge in [0.2, 0.25) is 0 Å². The van der Waals surface area contributed by atoms with E-state index in [1.54, 1.807) is 0 Å². The van der Waals surface area contributed by atoms with E-state index in [-0.39, 0.29) is 17.1 Å². The van der Waals surface area contributed by atoms with Crippen LogP contribution in [0.4, 0.5) is 11.4 Å². The minimum absolute atomic E-state index is 0.0431. The van der Waals surface area contributed by atoms with E-state index in [2.05, 4.69) is 0 Å². The first-order chi connectivity index (χ1) is 8.84. The van der Waals surface area contributed by atoms with Crippen molar-refractivity contribution in [2.75, 3.05) is 20.7 Å². The summed E-state index contributed by atoms with van der Waals surface area (Å²) >= 11 is 0. The van der Waals surface area contributed by atoms with Gasteiger partial charge in [0.25, 0.3) is 0 Å². The summed E-state index contributed by atoms with van der Waals surface area (Å²) in [5.41, 5.74) is -0.124. The van der Waals surface area contributed by atoms with E-state index < -0.39 is 21.9 Å². The molecule has 8 heteroatoms. The fourth-order valence-electron chi connectivity index (χ4n) is 1.61. The molecule has 0 aliphatic rings. The lowest BCUT2D eigenvalue weighted by molar-refractivity contribution is -0.385. The predicted molar refractivity (Wildman–Crippen MR) is 65.9 cm³/mol. The molecular formula is C11H13N2O6+. The molecule has 1 atom stereocenters. The molecule has 0 heterocycles. The zero-order chi connectivity index (χ0) is 14.6. The molecule has 0 aliphatic heterocycles. The minimum Gasteiger partial charge on any atom is -0.490 e. The van der Waals surface area contributed by atoms with Crippen molar-refractivity contribution < 1.29 is 24.4 Å². The zero-order valence-electron chi connectivity index (χ0n) is 10.4. The number of hydrogen-bond donors (Lipinski definition) is 1. The summed E-state index contributed by atoms with van der Waals surface area (Å²) in [4.78, 5) is 32.1. The first kappa shape index (κ1) is 14.6. The van der Waals surface area contributed by atoms with Gasteiger partial charge in [-0.1, -0.05) is 0 Å². The molecule has 0 spiro atoms. The van der Waals surface area contributed by atoms with Gasteiger partial charge in [0.05, 0.1) is 25.1 Å². The number of aliphatic carboxylic acids is 1. The van der Waals surface area contributed by atoms with Crippen LogP contribution < -0.4 is 9.22 Å². The molecule has 8 nitrogen and oxygen atoms in total. The van der Waals surface area contributed by atoms with Gasteiger partial charge in [-0.2, -0.15) is 0 Å². The number of nitrogens with zero attached hydrogens (tertiary/aromatic N) is 2. The Morgan fingerprint density at radius 2 is 2.21 bits per heavy atom. The van der Waals surface area contributed by atoms with Crippen molar-refractivity contribution in [2.45, 2.75) is 0 Å². The van der Waals surface area contributed by atoms with Crippen LogP contribution in [0.15, 0.2) is 18.2 Å². The van der Waals surface area contributed by atoms with E-state index in [1.807, 2.05) is 0 Å². The maximum atomic E-state index is 11.1. The van der Waals surface area contributed by atoms with Crippen molar-refractivity contribution in [1.82, 2.24) is 4.48 Å². The van der Waals surface area contributed by atoms with Crippen LogP contribution in [0, 0.1) is 10.1 Å². The number of likely N-dealkylation sites (N-methyl/N-ethyl adjacent to an activating group) is 1. The number of hydrogen-bond acceptors (Lipinski definition) is 5. The summed E-state index contributed by atoms with van der Waals surface area (Å²) in [6.45, 7) is -0.507. The third-order valence-electron chi connectivity index (χ3n) is 2.65. The van der Waals surface area contributed by atoms with Gasteiger partial charge >= 0.3 is 18.1 Å². The SMILES string of the molecule is COc1ccc([N+](C)(C=O)CC(=O)O)cc1[N+](=O)[O-]. The van der Waals surface area contributed by atoms with Gasteiger partial charge < -0.3 is 9.84 Å². The largest absolute Gasteiger partial charge is 0.490 e. The number of benzene rings is 1. The molecule has 0 aliphatic carbocycles. The highest BCUT2D eigenvalue weighted by atomic mass is 16.6. The van der Waals surface area contributed by atoms with Crippen molar-refractivity contribution in [3.8, 4) is 5.75 Å². The van der Waals surface area contributed by atoms with Crippen LogP contribution in [0.25, 0.3) is 0 Å². The van der Waals surface area contributed by atoms with Gasteiger partial charge in [-0.25, -0.2) is 14.1 Å². The highest BCUT2D eigenvalue weighted by molar-refractivity contribution is 5.81. The third kappa shape index (κ3) is 3.05. The Morgan fingerprint density at radius 3 is 2.63 bits per heavy atom. The Hall–Kier alpha value is -2.48. The summed E-state index contributed by atoms with van der Waals surface area (Å²) in [5, 5.41) is 19.7. The maximum Gasteiger partial charge on any atom is 0.360 e. The summed E-state index contributed by atoms with van der Waals surface area (Å²) in [7, 11) is 2.64. The van der Waals surface area contributed by atoms with Gasteiger partial charge in [0.15, 0.2) is 12.3 Å². The molecule has 0 fully saturated rings. The maximum absolute atomic E-state index is 11.1. The summed E-state index contributed by atoms with van der Waals surface area (Å²) in [6, 6.07) is 3.88. The molecule has 0 radical (unpaired) electrons. The Kier molecular flexibility index (Phi) is 4.18. The molecule has 0 saturated carbocycles. The van der Waals surface area contributed by atoms with Crippen molar-refractivity contribution in [3.05, 3.63) is 28.3 Å². The van der Waals surface area contributed by atoms with Crippen LogP contribution in [0.1, 0.15) is 0 Å². The number of quaternary nitrogens is 1. The molecule has 102 valence electrons. The third-order valence-corrected chi connectivity index (χ3v) is 2.65. The van der Waals surface area contributed by atoms with Gasteiger partial charge in [-0.3, -0.25) is 10.1 Å². The molecule has 1 N–H and O–H groups in total. The molecule has 1 rings (SSSR count). The Labute approximate surface area is 108 Å². The van der Waals surface area contributed by atoms with E-state index in [9.17, 15) is 19.7 Å². The number of carbonyl (C=O) groups excluding carboxylic acids is 1. The number of amides is 1. The summed E-state index contributed by atoms with van der Waals surface area (Å²) in [5.74, 6) is -1.14. The number of nitro benzene ring substituents is 1. The van der Waals surface area contributed by atoms with Gasteiger partial charge in [-0.15, -0.1) is 0 Å². The highest BCUT2D eigenvalue weighted by Crippen LogP contribution is 2.32. The number of carboxylic acid groups (broad SMARTS) is 1. The standard InChI is InChI=1S/C11H12N2O6/c1-13(7-14,6-11(15)16)8-3-4-10(19-2)9(5-8)12(17)18/h3-5,7H,6H2,1-2H3/p+1. The van der Waals surface area contributed by atoms with Crippen LogP contribution in [-0.2, 0) is 9.59 Å². The molecule has 1 amide bonds. The van der Waals surface area contributed by atoms with E-state index in [0.717, 1.165) is 6.07 Å². The molecule has 1 aromatic carbocycles. The van der Waals surface area contributed by atoms with Crippen LogP contribution >= 0.6 is 0 Å². The summed E-state index contributed by atoms with van der Waals surface area (Å²) in [6.07, 6.45) is 0.416. The highest BCUT2D eigenvalue weighted by Gasteiger charge is 2.31. The first-order valence-corrected chi connectivity index (χ1v) is 5.20. The van der Waals surface area contributed by atoms with Crippen LogP contribution in [0.5, 0.6) is 5.75 Å². The molecule has 0 aromatic heterocycles. The van der Waals surface area contributed by atoms with Gasteiger partial charge in [0.1, 0.15) is 5.69 Å². The lowest BCUT2D eigenvalue weighted by Crippen LogP contribution is -2.47. The molecule has 0 bridgehead atoms. The van der Waals surface area contributed by atoms with Crippen LogP contribution in [0.2, 0.25) is 0 Å². The zero-order valence-corrected chi connectivity index (χ0v) is 10.4. The summed E-state index contributed by atoms with van der Waals surface area (Å²) < 4.78 is 4.24. The van der Waals surface area contributed by atoms with Crippen molar-refractivity contribution in [2.24, 2.45) is 0 Å². The second-order valence-electron chi connectivity index (χ2n) is 4.04. The molecule has 19 heavy (non-hydrogen) atoms. The van der Waals surface area contributed by atoms with Crippen LogP contribution in [0.3, 0.4) is 0 Å². The fourth-order valence-corrected chi connectivity index (χ4v) is 1.61. The number of carboxylic acids is 1. The number of carbonyl (C=O) groups is 2. The number of methoxy groups -OCH3 is 1. The smallest absolute Gasteiger partial charge is 0.360 e. The lowest BCUT2D eigenvalue weighted by atomic mass is 10.2. The van der Waals surface area contributed by atoms with E-state index in [0.29, 0.717) is 6.41 Å². The van der Waals surface area contributed by atoms with Gasteiger partial charge in [0, 0.05) is 6.07 Å². The van der Waals surface area contributed by atoms with Crippen molar-refractivity contribution in [1.29, 1.82) is 0 Å². The normalized spacial score (nSPS) is 13.4. The fraction of sp³-hybridized carbons (Fsp3) is 0.273. The van der Waals surface area contributed by atoms with E-state index >= 15 is 0 Å². The quantitative estimate of drug-likeness (QED) is 0.354. The number of rotatable bonds is 6. The molecule has 1 aromatic rings. The van der Waals surface area contributed by atoms with Crippen molar-refractivity contribution >= 4 is 23.8 Å².